The molecule has 2 N–H and O–H groups in total. The Kier molecular flexibility index (Phi) is 3.95. The number of rotatable bonds is 2. The summed E-state index contributed by atoms with van der Waals surface area (Å²) in [6, 6.07) is 5.20. The fourth-order valence-corrected chi connectivity index (χ4v) is 2.43. The average Bonchev–Trinajstić information content (AvgIpc) is 2.60. The first-order valence-electron chi connectivity index (χ1n) is 6.39. The van der Waals surface area contributed by atoms with Gasteiger partial charge in [0.05, 0.1) is 6.04 Å². The van der Waals surface area contributed by atoms with Crippen molar-refractivity contribution in [2.75, 3.05) is 0 Å². The van der Waals surface area contributed by atoms with Crippen LogP contribution in [0.3, 0.4) is 0 Å². The normalized spacial score (nSPS) is 18.4. The van der Waals surface area contributed by atoms with Gasteiger partial charge >= 0.3 is 0 Å². The van der Waals surface area contributed by atoms with Crippen LogP contribution >= 0.6 is 0 Å². The molecule has 0 saturated carbocycles. The molecule has 0 spiro atoms. The minimum atomic E-state index is -0.270. The second-order valence-corrected chi connectivity index (χ2v) is 4.83. The van der Waals surface area contributed by atoms with Crippen molar-refractivity contribution in [3.05, 3.63) is 46.8 Å². The maximum absolute atomic E-state index is 14.0. The van der Waals surface area contributed by atoms with Crippen LogP contribution in [0.4, 0.5) is 4.39 Å². The second-order valence-electron chi connectivity index (χ2n) is 4.83. The molecule has 2 heteroatoms. The van der Waals surface area contributed by atoms with Crippen LogP contribution in [-0.4, -0.2) is 0 Å². The topological polar surface area (TPSA) is 26.0 Å². The molecule has 1 unspecified atom stereocenters. The van der Waals surface area contributed by atoms with Crippen LogP contribution in [0.5, 0.6) is 0 Å². The van der Waals surface area contributed by atoms with E-state index in [1.54, 1.807) is 19.1 Å². The zero-order chi connectivity index (χ0) is 12.3. The Bertz CT molecular complexity index is 423. The molecule has 0 fully saturated rings. The fraction of sp³-hybridized carbons (Fsp3) is 0.467. The fourth-order valence-electron chi connectivity index (χ4n) is 2.43. The molecule has 1 aromatic carbocycles. The maximum atomic E-state index is 14.0. The van der Waals surface area contributed by atoms with Gasteiger partial charge in [-0.3, -0.25) is 0 Å². The van der Waals surface area contributed by atoms with Crippen molar-refractivity contribution in [3.8, 4) is 0 Å². The molecule has 0 amide bonds. The minimum absolute atomic E-state index is 0.148. The molecule has 1 aliphatic carbocycles. The van der Waals surface area contributed by atoms with Gasteiger partial charge in [-0.05, 0) is 38.2 Å². The standard InChI is InChI=1S/C15H20FN/c1-11-7-6-10-13(14(11)16)15(17)12-8-4-2-3-5-9-12/h6-8,10,15H,2-5,9,17H2,1H3. The quantitative estimate of drug-likeness (QED) is 0.767. The van der Waals surface area contributed by atoms with Crippen LogP contribution < -0.4 is 5.73 Å². The lowest BCUT2D eigenvalue weighted by atomic mass is 9.94. The van der Waals surface area contributed by atoms with E-state index in [2.05, 4.69) is 6.08 Å². The van der Waals surface area contributed by atoms with E-state index >= 15 is 0 Å². The number of nitrogens with two attached hydrogens (primary N) is 1. The molecule has 17 heavy (non-hydrogen) atoms. The molecular weight excluding hydrogens is 213 g/mol. The minimum Gasteiger partial charge on any atom is -0.320 e. The number of aryl methyl sites for hydroxylation is 1. The maximum Gasteiger partial charge on any atom is 0.131 e. The van der Waals surface area contributed by atoms with Crippen LogP contribution in [-0.2, 0) is 0 Å². The smallest absolute Gasteiger partial charge is 0.131 e. The van der Waals surface area contributed by atoms with E-state index < -0.39 is 0 Å². The zero-order valence-corrected chi connectivity index (χ0v) is 10.4. The summed E-state index contributed by atoms with van der Waals surface area (Å²) in [6.45, 7) is 1.78. The second kappa shape index (κ2) is 5.46. The molecule has 2 rings (SSSR count). The van der Waals surface area contributed by atoms with Gasteiger partial charge in [0.25, 0.3) is 0 Å². The Morgan fingerprint density at radius 1 is 1.24 bits per heavy atom. The first kappa shape index (κ1) is 12.3. The van der Waals surface area contributed by atoms with Gasteiger partial charge in [-0.2, -0.15) is 0 Å². The van der Waals surface area contributed by atoms with Crippen molar-refractivity contribution in [2.45, 2.75) is 45.1 Å². The molecule has 1 aromatic rings. The molecule has 0 heterocycles. The van der Waals surface area contributed by atoms with Crippen LogP contribution in [0.25, 0.3) is 0 Å². The summed E-state index contributed by atoms with van der Waals surface area (Å²) in [5.74, 6) is -0.148. The van der Waals surface area contributed by atoms with Crippen molar-refractivity contribution in [1.29, 1.82) is 0 Å². The third-order valence-electron chi connectivity index (χ3n) is 3.53. The van der Waals surface area contributed by atoms with Crippen LogP contribution in [0.1, 0.15) is 49.3 Å². The van der Waals surface area contributed by atoms with Gasteiger partial charge in [-0.25, -0.2) is 4.39 Å². The summed E-state index contributed by atoms with van der Waals surface area (Å²) >= 11 is 0. The van der Waals surface area contributed by atoms with Gasteiger partial charge in [0.1, 0.15) is 5.82 Å². The number of halogens is 1. The molecular formula is C15H20FN. The Balaban J connectivity index is 2.26. The summed E-state index contributed by atoms with van der Waals surface area (Å²) < 4.78 is 14.0. The first-order chi connectivity index (χ1) is 8.20. The van der Waals surface area contributed by atoms with Gasteiger partial charge in [-0.1, -0.05) is 36.3 Å². The highest BCUT2D eigenvalue weighted by Gasteiger charge is 2.17. The number of hydrogen-bond donors (Lipinski definition) is 1. The van der Waals surface area contributed by atoms with E-state index in [1.807, 2.05) is 6.07 Å². The van der Waals surface area contributed by atoms with Crippen molar-refractivity contribution in [3.63, 3.8) is 0 Å². The van der Waals surface area contributed by atoms with Crippen molar-refractivity contribution < 1.29 is 4.39 Å². The number of allylic oxidation sites excluding steroid dienone is 1. The van der Waals surface area contributed by atoms with Crippen molar-refractivity contribution in [2.24, 2.45) is 5.73 Å². The van der Waals surface area contributed by atoms with E-state index in [4.69, 9.17) is 5.73 Å². The third-order valence-corrected chi connectivity index (χ3v) is 3.53. The molecule has 1 atom stereocenters. The summed E-state index contributed by atoms with van der Waals surface area (Å²) in [5, 5.41) is 0. The zero-order valence-electron chi connectivity index (χ0n) is 10.4. The largest absolute Gasteiger partial charge is 0.320 e. The Hall–Kier alpha value is -1.15. The molecule has 0 saturated heterocycles. The lowest BCUT2D eigenvalue weighted by molar-refractivity contribution is 0.584. The van der Waals surface area contributed by atoms with Crippen LogP contribution in [0.15, 0.2) is 29.8 Å². The average molecular weight is 233 g/mol. The van der Waals surface area contributed by atoms with E-state index in [0.717, 1.165) is 12.8 Å². The van der Waals surface area contributed by atoms with E-state index in [1.165, 1.54) is 24.8 Å². The van der Waals surface area contributed by atoms with Gasteiger partial charge in [-0.15, -0.1) is 0 Å². The van der Waals surface area contributed by atoms with Gasteiger partial charge < -0.3 is 5.73 Å². The predicted octanol–water partition coefficient (Wildman–Crippen LogP) is 4.02. The highest BCUT2D eigenvalue weighted by atomic mass is 19.1. The van der Waals surface area contributed by atoms with Crippen LogP contribution in [0.2, 0.25) is 0 Å². The summed E-state index contributed by atoms with van der Waals surface area (Å²) in [4.78, 5) is 0. The molecule has 92 valence electrons. The summed E-state index contributed by atoms with van der Waals surface area (Å²) in [6.07, 6.45) is 7.95. The predicted molar refractivity (Wildman–Crippen MR) is 69.2 cm³/mol. The Labute approximate surface area is 103 Å². The summed E-state index contributed by atoms with van der Waals surface area (Å²) in [7, 11) is 0. The van der Waals surface area contributed by atoms with Crippen molar-refractivity contribution >= 4 is 0 Å². The molecule has 0 aromatic heterocycles. The van der Waals surface area contributed by atoms with E-state index in [-0.39, 0.29) is 11.9 Å². The van der Waals surface area contributed by atoms with E-state index in [0.29, 0.717) is 11.1 Å². The highest BCUT2D eigenvalue weighted by Crippen LogP contribution is 2.29. The number of hydrogen-bond acceptors (Lipinski definition) is 1. The molecule has 0 radical (unpaired) electrons. The molecule has 1 aliphatic rings. The van der Waals surface area contributed by atoms with Gasteiger partial charge in [0.2, 0.25) is 0 Å². The van der Waals surface area contributed by atoms with Gasteiger partial charge in [0.15, 0.2) is 0 Å². The van der Waals surface area contributed by atoms with E-state index in [9.17, 15) is 4.39 Å². The summed E-state index contributed by atoms with van der Waals surface area (Å²) in [5.41, 5.74) is 8.71. The lowest BCUT2D eigenvalue weighted by Crippen LogP contribution is -2.15. The van der Waals surface area contributed by atoms with Crippen molar-refractivity contribution in [1.82, 2.24) is 0 Å². The third kappa shape index (κ3) is 2.75. The van der Waals surface area contributed by atoms with Crippen LogP contribution in [0, 0.1) is 12.7 Å². The molecule has 1 nitrogen and oxygen atoms in total. The Morgan fingerprint density at radius 3 is 2.88 bits per heavy atom. The Morgan fingerprint density at radius 2 is 2.06 bits per heavy atom. The molecule has 0 bridgehead atoms. The first-order valence-corrected chi connectivity index (χ1v) is 6.39. The molecule has 0 aliphatic heterocycles. The highest BCUT2D eigenvalue weighted by molar-refractivity contribution is 5.33. The lowest BCUT2D eigenvalue weighted by Gasteiger charge is -2.17. The van der Waals surface area contributed by atoms with Gasteiger partial charge in [0, 0.05) is 5.56 Å². The number of benzene rings is 1. The monoisotopic (exact) mass is 233 g/mol. The SMILES string of the molecule is Cc1cccc(C(N)C2=CCCCCC2)c1F.